The summed E-state index contributed by atoms with van der Waals surface area (Å²) in [5.41, 5.74) is 0. The second-order valence-corrected chi connectivity index (χ2v) is 6.91. The summed E-state index contributed by atoms with van der Waals surface area (Å²) in [5, 5.41) is 6.84. The Morgan fingerprint density at radius 1 is 1.15 bits per heavy atom. The molecule has 2 N–H and O–H groups in total. The van der Waals surface area contributed by atoms with Crippen molar-refractivity contribution in [2.24, 2.45) is 0 Å². The number of nitrogens with one attached hydrogen (secondary N) is 2. The fourth-order valence-electron chi connectivity index (χ4n) is 4.05. The highest BCUT2D eigenvalue weighted by molar-refractivity contribution is 5.82. The minimum atomic E-state index is 0.0558. The van der Waals surface area contributed by atoms with Crippen LogP contribution in [-0.2, 0) is 4.79 Å². The molecule has 1 amide bonds. The molecule has 0 aromatic rings. The first-order valence-corrected chi connectivity index (χ1v) is 8.50. The fraction of sp³-hybridized carbons (Fsp3) is 0.938. The SMILES string of the molecule is CCCNC1CC2CCC(C1)N2C(C)C(=O)NC1CC1. The maximum absolute atomic E-state index is 12.3. The Balaban J connectivity index is 1.56. The molecule has 4 heteroatoms. The van der Waals surface area contributed by atoms with Crippen LogP contribution in [0.3, 0.4) is 0 Å². The van der Waals surface area contributed by atoms with E-state index in [1.165, 1.54) is 44.9 Å². The third-order valence-electron chi connectivity index (χ3n) is 5.22. The van der Waals surface area contributed by atoms with Crippen LogP contribution in [0.4, 0.5) is 0 Å². The minimum Gasteiger partial charge on any atom is -0.352 e. The predicted octanol–water partition coefficient (Wildman–Crippen LogP) is 1.65. The average Bonchev–Trinajstić information content (AvgIpc) is 3.21. The standard InChI is InChI=1S/C16H29N3O/c1-3-8-17-13-9-14-6-7-15(10-13)19(14)11(2)16(20)18-12-4-5-12/h11-15,17H,3-10H2,1-2H3,(H,18,20). The minimum absolute atomic E-state index is 0.0558. The Morgan fingerprint density at radius 3 is 2.35 bits per heavy atom. The zero-order valence-electron chi connectivity index (χ0n) is 12.9. The van der Waals surface area contributed by atoms with E-state index in [1.807, 2.05) is 0 Å². The van der Waals surface area contributed by atoms with Crippen molar-refractivity contribution in [3.05, 3.63) is 0 Å². The second kappa shape index (κ2) is 6.02. The van der Waals surface area contributed by atoms with Gasteiger partial charge in [-0.25, -0.2) is 0 Å². The molecule has 3 rings (SSSR count). The first kappa shape index (κ1) is 14.3. The molecule has 2 aliphatic heterocycles. The van der Waals surface area contributed by atoms with E-state index in [-0.39, 0.29) is 11.9 Å². The van der Waals surface area contributed by atoms with Crippen LogP contribution >= 0.6 is 0 Å². The Kier molecular flexibility index (Phi) is 4.32. The molecule has 3 aliphatic rings. The summed E-state index contributed by atoms with van der Waals surface area (Å²) >= 11 is 0. The molecular formula is C16H29N3O. The Morgan fingerprint density at radius 2 is 1.80 bits per heavy atom. The van der Waals surface area contributed by atoms with Crippen molar-refractivity contribution in [1.82, 2.24) is 15.5 Å². The van der Waals surface area contributed by atoms with Crippen LogP contribution in [-0.4, -0.2) is 47.6 Å². The van der Waals surface area contributed by atoms with Gasteiger partial charge in [0.2, 0.25) is 5.91 Å². The van der Waals surface area contributed by atoms with Gasteiger partial charge in [0.1, 0.15) is 0 Å². The molecular weight excluding hydrogens is 250 g/mol. The lowest BCUT2D eigenvalue weighted by atomic mass is 9.95. The van der Waals surface area contributed by atoms with Crippen LogP contribution in [0.15, 0.2) is 0 Å². The van der Waals surface area contributed by atoms with Crippen molar-refractivity contribution in [1.29, 1.82) is 0 Å². The van der Waals surface area contributed by atoms with E-state index in [2.05, 4.69) is 29.4 Å². The van der Waals surface area contributed by atoms with Gasteiger partial charge in [-0.3, -0.25) is 9.69 Å². The van der Waals surface area contributed by atoms with Crippen molar-refractivity contribution < 1.29 is 4.79 Å². The normalized spacial score (nSPS) is 35.0. The quantitative estimate of drug-likeness (QED) is 0.777. The number of rotatable bonds is 6. The van der Waals surface area contributed by atoms with Gasteiger partial charge >= 0.3 is 0 Å². The molecule has 3 atom stereocenters. The van der Waals surface area contributed by atoms with E-state index in [9.17, 15) is 4.79 Å². The van der Waals surface area contributed by atoms with Gasteiger partial charge in [-0.2, -0.15) is 0 Å². The van der Waals surface area contributed by atoms with E-state index in [1.54, 1.807) is 0 Å². The summed E-state index contributed by atoms with van der Waals surface area (Å²) in [6, 6.07) is 2.43. The van der Waals surface area contributed by atoms with Gasteiger partial charge in [-0.05, 0) is 58.4 Å². The largest absolute Gasteiger partial charge is 0.352 e. The molecule has 0 aromatic heterocycles. The summed E-state index contributed by atoms with van der Waals surface area (Å²) in [6.07, 6.45) is 8.54. The molecule has 2 saturated heterocycles. The van der Waals surface area contributed by atoms with Crippen LogP contribution in [0.2, 0.25) is 0 Å². The molecule has 0 spiro atoms. The van der Waals surface area contributed by atoms with E-state index in [0.717, 1.165) is 6.54 Å². The first-order chi connectivity index (χ1) is 9.69. The van der Waals surface area contributed by atoms with Crippen LogP contribution < -0.4 is 10.6 Å². The van der Waals surface area contributed by atoms with E-state index in [0.29, 0.717) is 24.2 Å². The highest BCUT2D eigenvalue weighted by Crippen LogP contribution is 2.37. The van der Waals surface area contributed by atoms with Crippen molar-refractivity contribution >= 4 is 5.91 Å². The van der Waals surface area contributed by atoms with Gasteiger partial charge in [-0.15, -0.1) is 0 Å². The molecule has 1 aliphatic carbocycles. The first-order valence-electron chi connectivity index (χ1n) is 8.50. The Hall–Kier alpha value is -0.610. The summed E-state index contributed by atoms with van der Waals surface area (Å²) in [5.74, 6) is 0.254. The van der Waals surface area contributed by atoms with Crippen molar-refractivity contribution in [2.45, 2.75) is 89.0 Å². The van der Waals surface area contributed by atoms with Gasteiger partial charge in [0.25, 0.3) is 0 Å². The Labute approximate surface area is 122 Å². The molecule has 4 nitrogen and oxygen atoms in total. The molecule has 0 radical (unpaired) electrons. The molecule has 3 fully saturated rings. The van der Waals surface area contributed by atoms with E-state index < -0.39 is 0 Å². The van der Waals surface area contributed by atoms with Crippen molar-refractivity contribution in [2.75, 3.05) is 6.54 Å². The highest BCUT2D eigenvalue weighted by atomic mass is 16.2. The highest BCUT2D eigenvalue weighted by Gasteiger charge is 2.44. The summed E-state index contributed by atoms with van der Waals surface area (Å²) in [6.45, 7) is 5.45. The molecule has 0 aromatic carbocycles. The van der Waals surface area contributed by atoms with Crippen LogP contribution in [0, 0.1) is 0 Å². The van der Waals surface area contributed by atoms with Gasteiger partial charge in [0.05, 0.1) is 6.04 Å². The summed E-state index contributed by atoms with van der Waals surface area (Å²) in [4.78, 5) is 14.8. The molecule has 2 heterocycles. The summed E-state index contributed by atoms with van der Waals surface area (Å²) < 4.78 is 0. The summed E-state index contributed by atoms with van der Waals surface area (Å²) in [7, 11) is 0. The number of carbonyl (C=O) groups excluding carboxylic acids is 1. The molecule has 1 saturated carbocycles. The van der Waals surface area contributed by atoms with Crippen molar-refractivity contribution in [3.63, 3.8) is 0 Å². The van der Waals surface area contributed by atoms with E-state index in [4.69, 9.17) is 0 Å². The van der Waals surface area contributed by atoms with Crippen molar-refractivity contribution in [3.8, 4) is 0 Å². The van der Waals surface area contributed by atoms with Gasteiger partial charge in [-0.1, -0.05) is 6.92 Å². The number of carbonyl (C=O) groups is 1. The van der Waals surface area contributed by atoms with Gasteiger partial charge < -0.3 is 10.6 Å². The molecule has 3 unspecified atom stereocenters. The number of hydrogen-bond donors (Lipinski definition) is 2. The van der Waals surface area contributed by atoms with Gasteiger partial charge in [0, 0.05) is 24.2 Å². The maximum Gasteiger partial charge on any atom is 0.237 e. The van der Waals surface area contributed by atoms with Crippen LogP contribution in [0.25, 0.3) is 0 Å². The molecule has 114 valence electrons. The number of fused-ring (bicyclic) bond motifs is 2. The number of piperidine rings is 1. The molecule has 2 bridgehead atoms. The van der Waals surface area contributed by atoms with Crippen LogP contribution in [0.1, 0.15) is 58.8 Å². The topological polar surface area (TPSA) is 44.4 Å². The van der Waals surface area contributed by atoms with Gasteiger partial charge in [0.15, 0.2) is 0 Å². The number of nitrogens with zero attached hydrogens (tertiary/aromatic N) is 1. The third-order valence-corrected chi connectivity index (χ3v) is 5.22. The monoisotopic (exact) mass is 279 g/mol. The lowest BCUT2D eigenvalue weighted by molar-refractivity contribution is -0.128. The number of hydrogen-bond acceptors (Lipinski definition) is 3. The predicted molar refractivity (Wildman–Crippen MR) is 80.6 cm³/mol. The maximum atomic E-state index is 12.3. The second-order valence-electron chi connectivity index (χ2n) is 6.91. The Bertz CT molecular complexity index is 342. The number of amides is 1. The lowest BCUT2D eigenvalue weighted by Gasteiger charge is -2.42. The third kappa shape index (κ3) is 3.01. The zero-order chi connectivity index (χ0) is 14.1. The fourth-order valence-corrected chi connectivity index (χ4v) is 4.05. The smallest absolute Gasteiger partial charge is 0.237 e. The zero-order valence-corrected chi connectivity index (χ0v) is 12.9. The van der Waals surface area contributed by atoms with Crippen LogP contribution in [0.5, 0.6) is 0 Å². The molecule has 20 heavy (non-hydrogen) atoms. The average molecular weight is 279 g/mol. The lowest BCUT2D eigenvalue weighted by Crippen LogP contribution is -2.56. The van der Waals surface area contributed by atoms with E-state index >= 15 is 0 Å².